The Morgan fingerprint density at radius 3 is 2.32 bits per heavy atom. The predicted molar refractivity (Wildman–Crippen MR) is 137 cm³/mol. The maximum absolute atomic E-state index is 12.3. The van der Waals surface area contributed by atoms with E-state index in [9.17, 15) is 9.90 Å². The molecule has 0 unspecified atom stereocenters. The molecule has 5 heteroatoms. The van der Waals surface area contributed by atoms with E-state index in [2.05, 4.69) is 46.1 Å². The van der Waals surface area contributed by atoms with Gasteiger partial charge in [0.1, 0.15) is 0 Å². The van der Waals surface area contributed by atoms with Crippen molar-refractivity contribution in [3.05, 3.63) is 11.3 Å². The molecule has 1 aliphatic rings. The van der Waals surface area contributed by atoms with Gasteiger partial charge in [0, 0.05) is 19.8 Å². The molecular formula is C26H50N2O2Si. The Balaban J connectivity index is 3.21. The second-order valence-electron chi connectivity index (χ2n) is 11.0. The standard InChI is InChI=1S/C26H50N2O2Si/c1-9-11-13-21(27-28(4)5)16-18-22-20(3)15-17-23(25(22)19-31(6,7)8)24(26(29)30)14-12-10-2/h19-20,22-24H,9-18H2,1-8H3,(H,29,30)/b25-19+,27-21+/t20-,22+,23+,24-/m1/s1. The van der Waals surface area contributed by atoms with Crippen molar-refractivity contribution in [2.75, 3.05) is 14.1 Å². The maximum atomic E-state index is 12.3. The number of aliphatic carboxylic acids is 1. The van der Waals surface area contributed by atoms with E-state index in [0.29, 0.717) is 11.8 Å². The lowest BCUT2D eigenvalue weighted by Gasteiger charge is -2.41. The zero-order valence-electron chi connectivity index (χ0n) is 21.7. The molecule has 0 aliphatic heterocycles. The lowest BCUT2D eigenvalue weighted by Crippen LogP contribution is -2.36. The van der Waals surface area contributed by atoms with Gasteiger partial charge in [0.25, 0.3) is 0 Å². The van der Waals surface area contributed by atoms with Crippen LogP contribution in [0.4, 0.5) is 0 Å². The molecule has 0 aromatic carbocycles. The molecule has 0 saturated heterocycles. The molecule has 0 amide bonds. The van der Waals surface area contributed by atoms with Gasteiger partial charge in [-0.15, -0.1) is 0 Å². The molecule has 1 fully saturated rings. The van der Waals surface area contributed by atoms with Crippen molar-refractivity contribution in [3.8, 4) is 0 Å². The van der Waals surface area contributed by atoms with E-state index in [-0.39, 0.29) is 11.8 Å². The van der Waals surface area contributed by atoms with E-state index < -0.39 is 14.0 Å². The predicted octanol–water partition coefficient (Wildman–Crippen LogP) is 7.23. The number of hydrogen-bond acceptors (Lipinski definition) is 3. The Kier molecular flexibility index (Phi) is 12.1. The van der Waals surface area contributed by atoms with Crippen LogP contribution in [0.3, 0.4) is 0 Å². The highest BCUT2D eigenvalue weighted by atomic mass is 28.3. The Hall–Kier alpha value is -1.10. The van der Waals surface area contributed by atoms with Crippen LogP contribution >= 0.6 is 0 Å². The second-order valence-corrected chi connectivity index (χ2v) is 16.0. The maximum Gasteiger partial charge on any atom is 0.307 e. The van der Waals surface area contributed by atoms with Gasteiger partial charge in [-0.2, -0.15) is 5.10 Å². The summed E-state index contributed by atoms with van der Waals surface area (Å²) in [7, 11) is 2.55. The number of carbonyl (C=O) groups is 1. The number of carboxylic acid groups (broad SMARTS) is 1. The molecule has 4 nitrogen and oxygen atoms in total. The molecule has 0 radical (unpaired) electrons. The summed E-state index contributed by atoms with van der Waals surface area (Å²) in [6.45, 7) is 13.9. The molecule has 0 heterocycles. The Labute approximate surface area is 193 Å². The molecule has 180 valence electrons. The average molecular weight is 451 g/mol. The molecule has 0 bridgehead atoms. The van der Waals surface area contributed by atoms with Gasteiger partial charge in [0.2, 0.25) is 0 Å². The highest BCUT2D eigenvalue weighted by molar-refractivity contribution is 6.81. The third kappa shape index (κ3) is 9.92. The van der Waals surface area contributed by atoms with Crippen LogP contribution in [0.25, 0.3) is 0 Å². The van der Waals surface area contributed by atoms with Gasteiger partial charge in [-0.1, -0.05) is 70.9 Å². The van der Waals surface area contributed by atoms with Crippen molar-refractivity contribution in [3.63, 3.8) is 0 Å². The summed E-state index contributed by atoms with van der Waals surface area (Å²) in [6, 6.07) is 0. The summed E-state index contributed by atoms with van der Waals surface area (Å²) in [5, 5.41) is 16.8. The average Bonchev–Trinajstić information content (AvgIpc) is 2.65. The van der Waals surface area contributed by atoms with Crippen LogP contribution < -0.4 is 0 Å². The first-order chi connectivity index (χ1) is 14.5. The Morgan fingerprint density at radius 2 is 1.81 bits per heavy atom. The van der Waals surface area contributed by atoms with Crippen molar-refractivity contribution in [2.24, 2.45) is 28.8 Å². The van der Waals surface area contributed by atoms with Gasteiger partial charge in [0.15, 0.2) is 0 Å². The van der Waals surface area contributed by atoms with E-state index in [1.54, 1.807) is 0 Å². The molecule has 1 rings (SSSR count). The van der Waals surface area contributed by atoms with Crippen LogP contribution in [0.1, 0.15) is 85.0 Å². The van der Waals surface area contributed by atoms with Crippen LogP contribution in [0.2, 0.25) is 19.6 Å². The number of nitrogens with zero attached hydrogens (tertiary/aromatic N) is 2. The number of allylic oxidation sites excluding steroid dienone is 1. The third-order valence-electron chi connectivity index (χ3n) is 6.65. The van der Waals surface area contributed by atoms with Crippen LogP contribution in [-0.2, 0) is 4.79 Å². The molecular weight excluding hydrogens is 400 g/mol. The van der Waals surface area contributed by atoms with Gasteiger partial charge in [-0.05, 0) is 62.7 Å². The summed E-state index contributed by atoms with van der Waals surface area (Å²) in [6.07, 6.45) is 10.6. The lowest BCUT2D eigenvalue weighted by atomic mass is 9.65. The zero-order valence-corrected chi connectivity index (χ0v) is 22.7. The number of unbranched alkanes of at least 4 members (excludes halogenated alkanes) is 2. The van der Waals surface area contributed by atoms with Crippen molar-refractivity contribution in [2.45, 2.75) is 105 Å². The molecule has 31 heavy (non-hydrogen) atoms. The molecule has 1 aliphatic carbocycles. The summed E-state index contributed by atoms with van der Waals surface area (Å²) < 4.78 is 0. The van der Waals surface area contributed by atoms with Crippen molar-refractivity contribution in [1.82, 2.24) is 5.01 Å². The third-order valence-corrected chi connectivity index (χ3v) is 7.85. The first-order valence-electron chi connectivity index (χ1n) is 12.7. The topological polar surface area (TPSA) is 52.9 Å². The summed E-state index contributed by atoms with van der Waals surface area (Å²) in [4.78, 5) is 12.3. The molecule has 4 atom stereocenters. The molecule has 0 aromatic heterocycles. The van der Waals surface area contributed by atoms with E-state index in [0.717, 1.165) is 51.4 Å². The van der Waals surface area contributed by atoms with Crippen LogP contribution in [0.15, 0.2) is 16.4 Å². The molecule has 1 saturated carbocycles. The highest BCUT2D eigenvalue weighted by Gasteiger charge is 2.39. The fourth-order valence-corrected chi connectivity index (χ4v) is 6.57. The summed E-state index contributed by atoms with van der Waals surface area (Å²) in [5.74, 6) is 0.495. The van der Waals surface area contributed by atoms with Gasteiger partial charge in [-0.25, -0.2) is 0 Å². The fourth-order valence-electron chi connectivity index (χ4n) is 5.14. The molecule has 0 aromatic rings. The van der Waals surface area contributed by atoms with E-state index in [1.807, 2.05) is 19.1 Å². The Bertz CT molecular complexity index is 607. The highest BCUT2D eigenvalue weighted by Crippen LogP contribution is 2.46. The number of rotatable bonds is 13. The first kappa shape index (κ1) is 27.9. The largest absolute Gasteiger partial charge is 0.481 e. The molecule has 0 spiro atoms. The quantitative estimate of drug-likeness (QED) is 0.183. The van der Waals surface area contributed by atoms with Crippen LogP contribution in [-0.4, -0.2) is 44.0 Å². The van der Waals surface area contributed by atoms with Gasteiger partial charge >= 0.3 is 5.97 Å². The van der Waals surface area contributed by atoms with Gasteiger partial charge in [-0.3, -0.25) is 4.79 Å². The van der Waals surface area contributed by atoms with Crippen LogP contribution in [0, 0.1) is 23.7 Å². The van der Waals surface area contributed by atoms with E-state index in [4.69, 9.17) is 5.10 Å². The SMILES string of the molecule is CCCC/C(CC[C@@H]1/C(=C\[Si](C)(C)C)[C@H]([C@@H](CCCC)C(=O)O)CC[C@H]1C)=N\N(C)C. The number of hydrogen-bond donors (Lipinski definition) is 1. The summed E-state index contributed by atoms with van der Waals surface area (Å²) >= 11 is 0. The minimum absolute atomic E-state index is 0.210. The number of hydrazone groups is 1. The van der Waals surface area contributed by atoms with Crippen molar-refractivity contribution in [1.29, 1.82) is 0 Å². The van der Waals surface area contributed by atoms with E-state index >= 15 is 0 Å². The van der Waals surface area contributed by atoms with E-state index in [1.165, 1.54) is 24.1 Å². The fraction of sp³-hybridized carbons (Fsp3) is 0.846. The normalized spacial score (nSPS) is 25.0. The number of carboxylic acids is 1. The first-order valence-corrected chi connectivity index (χ1v) is 16.3. The monoisotopic (exact) mass is 450 g/mol. The van der Waals surface area contributed by atoms with Crippen LogP contribution in [0.5, 0.6) is 0 Å². The Morgan fingerprint density at radius 1 is 1.16 bits per heavy atom. The lowest BCUT2D eigenvalue weighted by molar-refractivity contribution is -0.144. The zero-order chi connectivity index (χ0) is 23.6. The summed E-state index contributed by atoms with van der Waals surface area (Å²) in [5.41, 5.74) is 5.35. The minimum Gasteiger partial charge on any atom is -0.481 e. The second kappa shape index (κ2) is 13.4. The smallest absolute Gasteiger partial charge is 0.307 e. The van der Waals surface area contributed by atoms with Crippen molar-refractivity contribution < 1.29 is 9.90 Å². The molecule has 1 N–H and O–H groups in total. The van der Waals surface area contributed by atoms with Gasteiger partial charge < -0.3 is 10.1 Å². The van der Waals surface area contributed by atoms with Gasteiger partial charge in [0.05, 0.1) is 14.0 Å². The van der Waals surface area contributed by atoms with Crippen molar-refractivity contribution >= 4 is 19.8 Å². The minimum atomic E-state index is -1.47.